The van der Waals surface area contributed by atoms with Gasteiger partial charge in [0, 0.05) is 0 Å². The lowest BCUT2D eigenvalue weighted by atomic mass is 10.2. The van der Waals surface area contributed by atoms with E-state index in [1.165, 1.54) is 0 Å². The van der Waals surface area contributed by atoms with E-state index in [4.69, 9.17) is 19.9 Å². The van der Waals surface area contributed by atoms with Gasteiger partial charge in [0.25, 0.3) is 0 Å². The van der Waals surface area contributed by atoms with Gasteiger partial charge in [0.05, 0.1) is 6.61 Å². The van der Waals surface area contributed by atoms with E-state index in [-0.39, 0.29) is 13.4 Å². The van der Waals surface area contributed by atoms with E-state index in [0.717, 1.165) is 11.3 Å². The predicted molar refractivity (Wildman–Crippen MR) is 51.4 cm³/mol. The average molecular weight is 209 g/mol. The summed E-state index contributed by atoms with van der Waals surface area (Å²) < 4.78 is 15.4. The number of primary amides is 1. The number of fused-ring (bicyclic) bond motifs is 1. The zero-order chi connectivity index (χ0) is 10.7. The highest BCUT2D eigenvalue weighted by atomic mass is 16.7. The molecule has 1 aliphatic rings. The van der Waals surface area contributed by atoms with Crippen LogP contribution in [0.1, 0.15) is 5.56 Å². The topological polar surface area (TPSA) is 70.8 Å². The molecule has 0 atom stereocenters. The van der Waals surface area contributed by atoms with Crippen molar-refractivity contribution in [2.75, 3.05) is 13.4 Å². The third kappa shape index (κ3) is 2.38. The molecule has 0 unspecified atom stereocenters. The summed E-state index contributed by atoms with van der Waals surface area (Å²) in [4.78, 5) is 10.4. The lowest BCUT2D eigenvalue weighted by molar-refractivity contribution is -0.122. The molecule has 1 aromatic carbocycles. The molecule has 0 saturated heterocycles. The maximum atomic E-state index is 10.4. The Hall–Kier alpha value is -1.75. The molecule has 0 radical (unpaired) electrons. The largest absolute Gasteiger partial charge is 0.454 e. The van der Waals surface area contributed by atoms with Gasteiger partial charge >= 0.3 is 0 Å². The van der Waals surface area contributed by atoms with E-state index in [2.05, 4.69) is 0 Å². The summed E-state index contributed by atoms with van der Waals surface area (Å²) in [6.45, 7) is 0.509. The van der Waals surface area contributed by atoms with Gasteiger partial charge in [-0.25, -0.2) is 0 Å². The van der Waals surface area contributed by atoms with Crippen LogP contribution in [0.15, 0.2) is 18.2 Å². The molecule has 80 valence electrons. The van der Waals surface area contributed by atoms with Gasteiger partial charge in [0.1, 0.15) is 6.61 Å². The van der Waals surface area contributed by atoms with E-state index in [1.807, 2.05) is 18.2 Å². The Labute approximate surface area is 86.7 Å². The first-order chi connectivity index (χ1) is 7.25. The Morgan fingerprint density at radius 3 is 3.00 bits per heavy atom. The molecule has 0 fully saturated rings. The summed E-state index contributed by atoms with van der Waals surface area (Å²) >= 11 is 0. The fraction of sp³-hybridized carbons (Fsp3) is 0.300. The highest BCUT2D eigenvalue weighted by Crippen LogP contribution is 2.32. The lowest BCUT2D eigenvalue weighted by Crippen LogP contribution is -2.17. The van der Waals surface area contributed by atoms with Crippen LogP contribution < -0.4 is 15.2 Å². The van der Waals surface area contributed by atoms with Crippen LogP contribution in [-0.4, -0.2) is 19.3 Å². The quantitative estimate of drug-likeness (QED) is 0.780. The number of ether oxygens (including phenoxy) is 3. The van der Waals surface area contributed by atoms with Crippen LogP contribution in [0.25, 0.3) is 0 Å². The number of amides is 1. The zero-order valence-electron chi connectivity index (χ0n) is 8.06. The van der Waals surface area contributed by atoms with Crippen molar-refractivity contribution in [1.29, 1.82) is 0 Å². The Bertz CT molecular complexity index is 378. The Morgan fingerprint density at radius 1 is 1.40 bits per heavy atom. The first-order valence-electron chi connectivity index (χ1n) is 4.50. The van der Waals surface area contributed by atoms with Crippen molar-refractivity contribution in [3.63, 3.8) is 0 Å². The van der Waals surface area contributed by atoms with Gasteiger partial charge in [-0.05, 0) is 17.7 Å². The molecular formula is C10H11NO4. The van der Waals surface area contributed by atoms with Crippen molar-refractivity contribution in [2.24, 2.45) is 5.73 Å². The average Bonchev–Trinajstić information content (AvgIpc) is 2.64. The first-order valence-corrected chi connectivity index (χ1v) is 4.50. The third-order valence-corrected chi connectivity index (χ3v) is 1.95. The number of nitrogens with two attached hydrogens (primary N) is 1. The standard InChI is InChI=1S/C10H11NO4/c11-10(12)5-13-4-7-1-2-8-9(3-7)15-6-14-8/h1-3H,4-6H2,(H2,11,12). The minimum absolute atomic E-state index is 0.0750. The SMILES string of the molecule is NC(=O)COCc1ccc2c(c1)OCO2. The van der Waals surface area contributed by atoms with Gasteiger partial charge in [-0.3, -0.25) is 4.79 Å². The summed E-state index contributed by atoms with van der Waals surface area (Å²) in [6, 6.07) is 5.49. The molecule has 1 aromatic rings. The van der Waals surface area contributed by atoms with E-state index < -0.39 is 5.91 Å². The molecule has 0 spiro atoms. The van der Waals surface area contributed by atoms with Crippen LogP contribution >= 0.6 is 0 Å². The number of carbonyl (C=O) groups is 1. The van der Waals surface area contributed by atoms with Crippen molar-refractivity contribution >= 4 is 5.91 Å². The molecule has 0 bridgehead atoms. The van der Waals surface area contributed by atoms with Crippen molar-refractivity contribution in [3.05, 3.63) is 23.8 Å². The smallest absolute Gasteiger partial charge is 0.243 e. The Balaban J connectivity index is 1.95. The minimum Gasteiger partial charge on any atom is -0.454 e. The monoisotopic (exact) mass is 209 g/mol. The van der Waals surface area contributed by atoms with E-state index in [1.54, 1.807) is 0 Å². The summed E-state index contributed by atoms with van der Waals surface area (Å²) in [5, 5.41) is 0. The third-order valence-electron chi connectivity index (χ3n) is 1.95. The maximum absolute atomic E-state index is 10.4. The second-order valence-electron chi connectivity index (χ2n) is 3.15. The van der Waals surface area contributed by atoms with Crippen LogP contribution in [0.5, 0.6) is 11.5 Å². The molecule has 0 aromatic heterocycles. The fourth-order valence-electron chi connectivity index (χ4n) is 1.30. The molecule has 0 aliphatic carbocycles. The zero-order valence-corrected chi connectivity index (χ0v) is 8.06. The highest BCUT2D eigenvalue weighted by Gasteiger charge is 2.12. The van der Waals surface area contributed by atoms with Gasteiger partial charge < -0.3 is 19.9 Å². The van der Waals surface area contributed by atoms with Crippen LogP contribution in [-0.2, 0) is 16.1 Å². The second-order valence-corrected chi connectivity index (χ2v) is 3.15. The number of benzene rings is 1. The van der Waals surface area contributed by atoms with E-state index in [9.17, 15) is 4.79 Å². The summed E-state index contributed by atoms with van der Waals surface area (Å²) in [5.41, 5.74) is 5.86. The van der Waals surface area contributed by atoms with Gasteiger partial charge in [0.2, 0.25) is 12.7 Å². The van der Waals surface area contributed by atoms with Crippen LogP contribution in [0.4, 0.5) is 0 Å². The highest BCUT2D eigenvalue weighted by molar-refractivity contribution is 5.74. The molecular weight excluding hydrogens is 198 g/mol. The van der Waals surface area contributed by atoms with Gasteiger partial charge in [0.15, 0.2) is 11.5 Å². The maximum Gasteiger partial charge on any atom is 0.243 e. The number of hydrogen-bond donors (Lipinski definition) is 1. The first kappa shape index (κ1) is 9.79. The van der Waals surface area contributed by atoms with Crippen molar-refractivity contribution in [1.82, 2.24) is 0 Å². The van der Waals surface area contributed by atoms with Crippen LogP contribution in [0.3, 0.4) is 0 Å². The van der Waals surface area contributed by atoms with Gasteiger partial charge in [-0.2, -0.15) is 0 Å². The molecule has 5 nitrogen and oxygen atoms in total. The second kappa shape index (κ2) is 4.18. The van der Waals surface area contributed by atoms with Crippen molar-refractivity contribution < 1.29 is 19.0 Å². The lowest BCUT2D eigenvalue weighted by Gasteiger charge is -2.03. The molecule has 2 rings (SSSR count). The Morgan fingerprint density at radius 2 is 2.20 bits per heavy atom. The summed E-state index contributed by atoms with van der Waals surface area (Å²) in [5.74, 6) is 0.958. The molecule has 2 N–H and O–H groups in total. The molecule has 0 saturated carbocycles. The fourth-order valence-corrected chi connectivity index (χ4v) is 1.30. The van der Waals surface area contributed by atoms with Crippen LogP contribution in [0.2, 0.25) is 0 Å². The molecule has 5 heteroatoms. The molecule has 1 heterocycles. The van der Waals surface area contributed by atoms with Crippen LogP contribution in [0, 0.1) is 0 Å². The van der Waals surface area contributed by atoms with Gasteiger partial charge in [-0.15, -0.1) is 0 Å². The minimum atomic E-state index is -0.476. The molecule has 1 aliphatic heterocycles. The number of rotatable bonds is 4. The Kier molecular flexibility index (Phi) is 2.73. The van der Waals surface area contributed by atoms with E-state index >= 15 is 0 Å². The van der Waals surface area contributed by atoms with Crippen molar-refractivity contribution in [3.8, 4) is 11.5 Å². The van der Waals surface area contributed by atoms with Crippen molar-refractivity contribution in [2.45, 2.75) is 6.61 Å². The normalized spacial score (nSPS) is 12.8. The molecule has 1 amide bonds. The number of carbonyl (C=O) groups excluding carboxylic acids is 1. The number of hydrogen-bond acceptors (Lipinski definition) is 4. The molecule has 15 heavy (non-hydrogen) atoms. The predicted octanol–water partition coefficient (Wildman–Crippen LogP) is 0.417. The summed E-state index contributed by atoms with van der Waals surface area (Å²) in [6.07, 6.45) is 0. The summed E-state index contributed by atoms with van der Waals surface area (Å²) in [7, 11) is 0. The van der Waals surface area contributed by atoms with Gasteiger partial charge in [-0.1, -0.05) is 6.07 Å². The van der Waals surface area contributed by atoms with E-state index in [0.29, 0.717) is 12.4 Å².